The number of aromatic nitrogens is 1. The van der Waals surface area contributed by atoms with Gasteiger partial charge in [0.15, 0.2) is 0 Å². The lowest BCUT2D eigenvalue weighted by Crippen LogP contribution is -2.04. The molecule has 2 rings (SSSR count). The molecule has 0 aliphatic heterocycles. The third-order valence-electron chi connectivity index (χ3n) is 2.45. The van der Waals surface area contributed by atoms with E-state index in [2.05, 4.69) is 4.98 Å². The van der Waals surface area contributed by atoms with Crippen LogP contribution in [0.25, 0.3) is 11.1 Å². The predicted molar refractivity (Wildman–Crippen MR) is 63.8 cm³/mol. The Hall–Kier alpha value is -2.54. The van der Waals surface area contributed by atoms with Crippen molar-refractivity contribution in [3.63, 3.8) is 0 Å². The highest BCUT2D eigenvalue weighted by molar-refractivity contribution is 5.70. The maximum absolute atomic E-state index is 11.3. The second-order valence-corrected chi connectivity index (χ2v) is 3.46. The van der Waals surface area contributed by atoms with E-state index >= 15 is 0 Å². The van der Waals surface area contributed by atoms with Crippen LogP contribution < -0.4 is 10.3 Å². The number of methoxy groups -OCH3 is 1. The van der Waals surface area contributed by atoms with Crippen LogP contribution >= 0.6 is 0 Å². The average Bonchev–Trinajstić information content (AvgIpc) is 2.39. The second kappa shape index (κ2) is 4.54. The number of benzene rings is 1. The van der Waals surface area contributed by atoms with Gasteiger partial charge in [0.1, 0.15) is 11.8 Å². The zero-order chi connectivity index (χ0) is 12.3. The van der Waals surface area contributed by atoms with Gasteiger partial charge >= 0.3 is 0 Å². The summed E-state index contributed by atoms with van der Waals surface area (Å²) in [6.45, 7) is 0. The standard InChI is InChI=1S/C13H10N2O2/c1-17-11-4-2-9(3-5-11)12-6-13(16)15-8-10(12)7-14/h2-6,8H,1H3,(H,15,16). The van der Waals surface area contributed by atoms with Crippen LogP contribution in [0.5, 0.6) is 5.75 Å². The fourth-order valence-corrected chi connectivity index (χ4v) is 1.57. The summed E-state index contributed by atoms with van der Waals surface area (Å²) in [4.78, 5) is 13.7. The van der Waals surface area contributed by atoms with Gasteiger partial charge in [0, 0.05) is 17.8 Å². The Bertz CT molecular complexity index is 621. The van der Waals surface area contributed by atoms with Crippen LogP contribution in [0.15, 0.2) is 41.3 Å². The van der Waals surface area contributed by atoms with Gasteiger partial charge in [0.2, 0.25) is 5.56 Å². The smallest absolute Gasteiger partial charge is 0.248 e. The van der Waals surface area contributed by atoms with Gasteiger partial charge in [0.25, 0.3) is 0 Å². The van der Waals surface area contributed by atoms with Crippen molar-refractivity contribution < 1.29 is 4.74 Å². The third-order valence-corrected chi connectivity index (χ3v) is 2.45. The van der Waals surface area contributed by atoms with E-state index in [0.29, 0.717) is 11.1 Å². The number of nitriles is 1. The minimum Gasteiger partial charge on any atom is -0.497 e. The van der Waals surface area contributed by atoms with Crippen LogP contribution in [0, 0.1) is 11.3 Å². The van der Waals surface area contributed by atoms with E-state index in [4.69, 9.17) is 10.00 Å². The molecule has 1 aromatic heterocycles. The molecule has 0 aliphatic rings. The lowest BCUT2D eigenvalue weighted by molar-refractivity contribution is 0.415. The molecule has 0 saturated carbocycles. The van der Waals surface area contributed by atoms with Crippen LogP contribution in [-0.2, 0) is 0 Å². The Kier molecular flexibility index (Phi) is 2.93. The highest BCUT2D eigenvalue weighted by Gasteiger charge is 2.05. The van der Waals surface area contributed by atoms with Gasteiger partial charge in [-0.25, -0.2) is 0 Å². The van der Waals surface area contributed by atoms with Crippen molar-refractivity contribution in [2.45, 2.75) is 0 Å². The summed E-state index contributed by atoms with van der Waals surface area (Å²) < 4.78 is 5.05. The molecular weight excluding hydrogens is 216 g/mol. The largest absolute Gasteiger partial charge is 0.497 e. The summed E-state index contributed by atoms with van der Waals surface area (Å²) >= 11 is 0. The first-order valence-corrected chi connectivity index (χ1v) is 5.02. The fraction of sp³-hybridized carbons (Fsp3) is 0.0769. The zero-order valence-corrected chi connectivity index (χ0v) is 9.23. The molecule has 0 aliphatic carbocycles. The van der Waals surface area contributed by atoms with Crippen molar-refractivity contribution in [1.82, 2.24) is 4.98 Å². The first-order chi connectivity index (χ1) is 8.24. The number of H-pyrrole nitrogens is 1. The quantitative estimate of drug-likeness (QED) is 0.850. The number of aromatic amines is 1. The number of hydrogen-bond acceptors (Lipinski definition) is 3. The molecule has 0 spiro atoms. The number of hydrogen-bond donors (Lipinski definition) is 1. The molecule has 1 N–H and O–H groups in total. The Morgan fingerprint density at radius 3 is 2.59 bits per heavy atom. The van der Waals surface area contributed by atoms with Crippen LogP contribution in [0.4, 0.5) is 0 Å². The van der Waals surface area contributed by atoms with E-state index in [9.17, 15) is 4.79 Å². The molecular formula is C13H10N2O2. The first-order valence-electron chi connectivity index (χ1n) is 5.02. The number of ether oxygens (including phenoxy) is 1. The van der Waals surface area contributed by atoms with Crippen molar-refractivity contribution in [3.8, 4) is 22.9 Å². The van der Waals surface area contributed by atoms with E-state index in [1.807, 2.05) is 18.2 Å². The number of nitrogens with zero attached hydrogens (tertiary/aromatic N) is 1. The summed E-state index contributed by atoms with van der Waals surface area (Å²) in [5.41, 5.74) is 1.65. The van der Waals surface area contributed by atoms with E-state index in [1.54, 1.807) is 19.2 Å². The van der Waals surface area contributed by atoms with E-state index in [0.717, 1.165) is 11.3 Å². The van der Waals surface area contributed by atoms with E-state index < -0.39 is 0 Å². The minimum absolute atomic E-state index is 0.227. The van der Waals surface area contributed by atoms with Crippen LogP contribution in [-0.4, -0.2) is 12.1 Å². The molecule has 1 heterocycles. The highest BCUT2D eigenvalue weighted by Crippen LogP contribution is 2.23. The number of rotatable bonds is 2. The Labute approximate surface area is 98.1 Å². The summed E-state index contributed by atoms with van der Waals surface area (Å²) in [5, 5.41) is 8.97. The predicted octanol–water partition coefficient (Wildman–Crippen LogP) is 1.92. The van der Waals surface area contributed by atoms with Crippen molar-refractivity contribution in [3.05, 3.63) is 52.4 Å². The van der Waals surface area contributed by atoms with Gasteiger partial charge in [-0.15, -0.1) is 0 Å². The monoisotopic (exact) mass is 226 g/mol. The molecule has 4 nitrogen and oxygen atoms in total. The summed E-state index contributed by atoms with van der Waals surface area (Å²) in [6, 6.07) is 10.7. The Morgan fingerprint density at radius 2 is 2.00 bits per heavy atom. The van der Waals surface area contributed by atoms with Gasteiger partial charge < -0.3 is 9.72 Å². The molecule has 0 radical (unpaired) electrons. The van der Waals surface area contributed by atoms with Crippen LogP contribution in [0.1, 0.15) is 5.56 Å². The fourth-order valence-electron chi connectivity index (χ4n) is 1.57. The number of pyridine rings is 1. The Balaban J connectivity index is 2.55. The molecule has 0 unspecified atom stereocenters. The second-order valence-electron chi connectivity index (χ2n) is 3.46. The maximum Gasteiger partial charge on any atom is 0.248 e. The van der Waals surface area contributed by atoms with Crippen LogP contribution in [0.3, 0.4) is 0 Å². The van der Waals surface area contributed by atoms with Gasteiger partial charge in [-0.3, -0.25) is 4.79 Å². The lowest BCUT2D eigenvalue weighted by Gasteiger charge is -2.04. The van der Waals surface area contributed by atoms with Gasteiger partial charge in [-0.05, 0) is 17.7 Å². The molecule has 0 saturated heterocycles. The van der Waals surface area contributed by atoms with Crippen LogP contribution in [0.2, 0.25) is 0 Å². The van der Waals surface area contributed by atoms with Crippen molar-refractivity contribution in [1.29, 1.82) is 5.26 Å². The molecule has 0 amide bonds. The molecule has 0 atom stereocenters. The third kappa shape index (κ3) is 2.18. The van der Waals surface area contributed by atoms with E-state index in [-0.39, 0.29) is 5.56 Å². The van der Waals surface area contributed by atoms with Crippen molar-refractivity contribution >= 4 is 0 Å². The molecule has 4 heteroatoms. The van der Waals surface area contributed by atoms with Crippen molar-refractivity contribution in [2.75, 3.05) is 7.11 Å². The summed E-state index contributed by atoms with van der Waals surface area (Å²) in [7, 11) is 1.59. The molecule has 84 valence electrons. The van der Waals surface area contributed by atoms with Gasteiger partial charge in [-0.2, -0.15) is 5.26 Å². The number of nitrogens with one attached hydrogen (secondary N) is 1. The van der Waals surface area contributed by atoms with Gasteiger partial charge in [-0.1, -0.05) is 12.1 Å². The maximum atomic E-state index is 11.3. The lowest BCUT2D eigenvalue weighted by atomic mass is 10.0. The Morgan fingerprint density at radius 1 is 1.29 bits per heavy atom. The zero-order valence-electron chi connectivity index (χ0n) is 9.23. The summed E-state index contributed by atoms with van der Waals surface area (Å²) in [5.74, 6) is 0.733. The SMILES string of the molecule is COc1ccc(-c2cc(=O)[nH]cc2C#N)cc1. The molecule has 17 heavy (non-hydrogen) atoms. The minimum atomic E-state index is -0.227. The average molecular weight is 226 g/mol. The highest BCUT2D eigenvalue weighted by atomic mass is 16.5. The normalized spacial score (nSPS) is 9.65. The van der Waals surface area contributed by atoms with Crippen molar-refractivity contribution in [2.24, 2.45) is 0 Å². The molecule has 1 aromatic carbocycles. The molecule has 0 bridgehead atoms. The molecule has 2 aromatic rings. The topological polar surface area (TPSA) is 65.9 Å². The first kappa shape index (κ1) is 11.0. The van der Waals surface area contributed by atoms with Gasteiger partial charge in [0.05, 0.1) is 12.7 Å². The van der Waals surface area contributed by atoms with E-state index in [1.165, 1.54) is 12.3 Å². The summed E-state index contributed by atoms with van der Waals surface area (Å²) in [6.07, 6.45) is 1.42. The molecule has 0 fully saturated rings.